The number of carbonyl (C=O) groups excluding carboxylic acids is 1. The molecule has 2 N–H and O–H groups in total. The molecule has 6 heteroatoms. The van der Waals surface area contributed by atoms with E-state index in [1.807, 2.05) is 0 Å². The summed E-state index contributed by atoms with van der Waals surface area (Å²) < 4.78 is 10.2. The van der Waals surface area contributed by atoms with Crippen LogP contribution in [0.5, 0.6) is 11.5 Å². The number of carbonyl (C=O) groups is 1. The Balaban J connectivity index is 2.75. The van der Waals surface area contributed by atoms with E-state index in [0.717, 1.165) is 5.56 Å². The first-order chi connectivity index (χ1) is 8.21. The Morgan fingerprint density at radius 1 is 1.41 bits per heavy atom. The van der Waals surface area contributed by atoms with E-state index in [-0.39, 0.29) is 0 Å². The second-order valence-electron chi connectivity index (χ2n) is 3.07. The summed E-state index contributed by atoms with van der Waals surface area (Å²) in [5, 5.41) is 12.1. The highest BCUT2D eigenvalue weighted by Crippen LogP contribution is 2.26. The van der Waals surface area contributed by atoms with E-state index in [0.29, 0.717) is 11.5 Å². The zero-order valence-corrected chi connectivity index (χ0v) is 9.64. The monoisotopic (exact) mass is 238 g/mol. The minimum Gasteiger partial charge on any atom is -0.493 e. The maximum atomic E-state index is 10.7. The van der Waals surface area contributed by atoms with Crippen molar-refractivity contribution in [2.24, 2.45) is 5.10 Å². The van der Waals surface area contributed by atoms with Crippen molar-refractivity contribution in [3.8, 4) is 11.5 Å². The number of rotatable bonds is 5. The Hall–Kier alpha value is -2.08. The molecule has 17 heavy (non-hydrogen) atoms. The van der Waals surface area contributed by atoms with E-state index in [1.165, 1.54) is 13.3 Å². The van der Waals surface area contributed by atoms with Gasteiger partial charge in [-0.05, 0) is 23.8 Å². The molecule has 0 saturated heterocycles. The fraction of sp³-hybridized carbons (Fsp3) is 0.273. The van der Waals surface area contributed by atoms with Gasteiger partial charge in [0.05, 0.1) is 20.4 Å². The number of hydrogen-bond donors (Lipinski definition) is 2. The highest BCUT2D eigenvalue weighted by atomic mass is 16.5. The molecule has 0 atom stereocenters. The normalized spacial score (nSPS) is 10.3. The average Bonchev–Trinajstić information content (AvgIpc) is 2.38. The van der Waals surface area contributed by atoms with Crippen molar-refractivity contribution in [2.45, 2.75) is 0 Å². The van der Waals surface area contributed by atoms with Gasteiger partial charge in [-0.15, -0.1) is 0 Å². The van der Waals surface area contributed by atoms with Gasteiger partial charge in [0.1, 0.15) is 6.61 Å². The second kappa shape index (κ2) is 6.49. The summed E-state index contributed by atoms with van der Waals surface area (Å²) in [4.78, 5) is 10.7. The minimum atomic E-state index is -0.594. The quantitative estimate of drug-likeness (QED) is 0.565. The number of amides is 1. The number of benzene rings is 1. The lowest BCUT2D eigenvalue weighted by Crippen LogP contribution is -2.20. The topological polar surface area (TPSA) is 80.2 Å². The molecule has 1 rings (SSSR count). The Morgan fingerprint density at radius 3 is 2.71 bits per heavy atom. The predicted octanol–water partition coefficient (Wildman–Crippen LogP) is 0.146. The van der Waals surface area contributed by atoms with Gasteiger partial charge in [0.25, 0.3) is 5.91 Å². The van der Waals surface area contributed by atoms with Crippen LogP contribution in [0.1, 0.15) is 5.56 Å². The molecule has 0 saturated carbocycles. The van der Waals surface area contributed by atoms with Crippen LogP contribution in [0.4, 0.5) is 0 Å². The van der Waals surface area contributed by atoms with Crippen molar-refractivity contribution in [1.82, 2.24) is 5.43 Å². The van der Waals surface area contributed by atoms with Gasteiger partial charge in [-0.1, -0.05) is 0 Å². The first-order valence-corrected chi connectivity index (χ1v) is 4.86. The van der Waals surface area contributed by atoms with Gasteiger partial charge in [0.2, 0.25) is 0 Å². The molecular weight excluding hydrogens is 224 g/mol. The maximum absolute atomic E-state index is 10.7. The molecule has 0 bridgehead atoms. The number of hydrazone groups is 1. The van der Waals surface area contributed by atoms with E-state index in [1.54, 1.807) is 25.3 Å². The zero-order valence-electron chi connectivity index (χ0n) is 9.64. The summed E-state index contributed by atoms with van der Waals surface area (Å²) in [5.74, 6) is 0.621. The van der Waals surface area contributed by atoms with E-state index in [4.69, 9.17) is 14.6 Å². The van der Waals surface area contributed by atoms with Crippen LogP contribution in [0, 0.1) is 0 Å². The van der Waals surface area contributed by atoms with Crippen molar-refractivity contribution < 1.29 is 19.4 Å². The molecule has 0 aromatic heterocycles. The SMILES string of the molecule is COc1ccc(/C=N\NC(=O)CO)cc1OC. The van der Waals surface area contributed by atoms with Crippen LogP contribution >= 0.6 is 0 Å². The molecule has 0 unspecified atom stereocenters. The number of nitrogens with zero attached hydrogens (tertiary/aromatic N) is 1. The molecular formula is C11H14N2O4. The number of nitrogens with one attached hydrogen (secondary N) is 1. The van der Waals surface area contributed by atoms with Crippen LogP contribution < -0.4 is 14.9 Å². The summed E-state index contributed by atoms with van der Waals surface area (Å²) in [6, 6.07) is 5.21. The smallest absolute Gasteiger partial charge is 0.265 e. The van der Waals surface area contributed by atoms with Crippen molar-refractivity contribution >= 4 is 12.1 Å². The average molecular weight is 238 g/mol. The van der Waals surface area contributed by atoms with Crippen molar-refractivity contribution in [1.29, 1.82) is 0 Å². The Bertz CT molecular complexity index is 418. The number of aliphatic hydroxyl groups is 1. The van der Waals surface area contributed by atoms with Crippen LogP contribution in [0.25, 0.3) is 0 Å². The van der Waals surface area contributed by atoms with E-state index in [2.05, 4.69) is 10.5 Å². The summed E-state index contributed by atoms with van der Waals surface area (Å²) in [5.41, 5.74) is 2.89. The van der Waals surface area contributed by atoms with E-state index >= 15 is 0 Å². The maximum Gasteiger partial charge on any atom is 0.265 e. The van der Waals surface area contributed by atoms with Crippen molar-refractivity contribution in [3.05, 3.63) is 23.8 Å². The standard InChI is InChI=1S/C11H14N2O4/c1-16-9-4-3-8(5-10(9)17-2)6-12-13-11(15)7-14/h3-6,14H,7H2,1-2H3,(H,13,15)/b12-6-. The molecule has 0 fully saturated rings. The third-order valence-electron chi connectivity index (χ3n) is 1.95. The summed E-state index contributed by atoms with van der Waals surface area (Å²) >= 11 is 0. The molecule has 0 radical (unpaired) electrons. The summed E-state index contributed by atoms with van der Waals surface area (Å²) in [6.07, 6.45) is 1.44. The molecule has 1 aromatic carbocycles. The molecule has 0 heterocycles. The number of methoxy groups -OCH3 is 2. The highest BCUT2D eigenvalue weighted by molar-refractivity contribution is 5.83. The van der Waals surface area contributed by atoms with Gasteiger partial charge >= 0.3 is 0 Å². The fourth-order valence-electron chi connectivity index (χ4n) is 1.15. The lowest BCUT2D eigenvalue weighted by molar-refractivity contribution is -0.123. The summed E-state index contributed by atoms with van der Waals surface area (Å²) in [6.45, 7) is -0.594. The third-order valence-corrected chi connectivity index (χ3v) is 1.95. The molecule has 6 nitrogen and oxygen atoms in total. The fourth-order valence-corrected chi connectivity index (χ4v) is 1.15. The Kier molecular flexibility index (Phi) is 4.96. The van der Waals surface area contributed by atoms with E-state index in [9.17, 15) is 4.79 Å². The summed E-state index contributed by atoms with van der Waals surface area (Å²) in [7, 11) is 3.08. The van der Waals surface area contributed by atoms with Crippen LogP contribution in [0.3, 0.4) is 0 Å². The number of aliphatic hydroxyl groups excluding tert-OH is 1. The highest BCUT2D eigenvalue weighted by Gasteiger charge is 2.02. The van der Waals surface area contributed by atoms with Crippen LogP contribution in [-0.4, -0.2) is 38.1 Å². The first kappa shape index (κ1) is 13.0. The molecule has 0 aliphatic heterocycles. The molecule has 1 aromatic rings. The molecule has 0 spiro atoms. The van der Waals surface area contributed by atoms with E-state index < -0.39 is 12.5 Å². The van der Waals surface area contributed by atoms with Gasteiger partial charge in [-0.3, -0.25) is 4.79 Å². The first-order valence-electron chi connectivity index (χ1n) is 4.86. The van der Waals surface area contributed by atoms with Gasteiger partial charge in [0, 0.05) is 0 Å². The third kappa shape index (κ3) is 3.76. The van der Waals surface area contributed by atoms with Gasteiger partial charge in [-0.2, -0.15) is 5.10 Å². The van der Waals surface area contributed by atoms with Gasteiger partial charge in [0.15, 0.2) is 11.5 Å². The molecule has 0 aliphatic carbocycles. The van der Waals surface area contributed by atoms with Crippen LogP contribution in [0.2, 0.25) is 0 Å². The largest absolute Gasteiger partial charge is 0.493 e. The van der Waals surface area contributed by atoms with Gasteiger partial charge < -0.3 is 14.6 Å². The van der Waals surface area contributed by atoms with Crippen molar-refractivity contribution in [2.75, 3.05) is 20.8 Å². The molecule has 0 aliphatic rings. The predicted molar refractivity (Wildman–Crippen MR) is 62.4 cm³/mol. The molecule has 1 amide bonds. The Labute approximate surface area is 98.9 Å². The minimum absolute atomic E-state index is 0.568. The Morgan fingerprint density at radius 2 is 2.12 bits per heavy atom. The van der Waals surface area contributed by atoms with Crippen LogP contribution in [-0.2, 0) is 4.79 Å². The molecule has 92 valence electrons. The van der Waals surface area contributed by atoms with Crippen LogP contribution in [0.15, 0.2) is 23.3 Å². The lowest BCUT2D eigenvalue weighted by Gasteiger charge is -2.07. The van der Waals surface area contributed by atoms with Gasteiger partial charge in [-0.25, -0.2) is 5.43 Å². The second-order valence-corrected chi connectivity index (χ2v) is 3.07. The number of hydrogen-bond acceptors (Lipinski definition) is 5. The zero-order chi connectivity index (χ0) is 12.7. The lowest BCUT2D eigenvalue weighted by atomic mass is 10.2. The van der Waals surface area contributed by atoms with Crippen molar-refractivity contribution in [3.63, 3.8) is 0 Å². The number of ether oxygens (including phenoxy) is 2.